The average molecular weight is 477 g/mol. The molecule has 176 valence electrons. The first-order chi connectivity index (χ1) is 15.7. The second-order valence-corrected chi connectivity index (χ2v) is 9.84. The van der Waals surface area contributed by atoms with Gasteiger partial charge in [-0.05, 0) is 18.1 Å². The van der Waals surface area contributed by atoms with Gasteiger partial charge in [0.2, 0.25) is 0 Å². The standard InChI is InChI=1S/C20H24N5O7P/c1-11-22-18(24-6-12-4-2-3-5-13(12)7-24)15-19(23-11)25(9-21-15)20-17(27)16(26)14(32-20)8-31-10-33(28,29)30/h2-5,9,14,16-17,20,26-27H,6-8,10H2,1H3,(H2,28,29,30)/t14-,16-,17-,20-/m1/s1. The first-order valence-corrected chi connectivity index (χ1v) is 12.2. The number of rotatable bonds is 6. The van der Waals surface area contributed by atoms with E-state index < -0.39 is 38.5 Å². The molecule has 2 aliphatic heterocycles. The third kappa shape index (κ3) is 4.26. The summed E-state index contributed by atoms with van der Waals surface area (Å²) in [5.41, 5.74) is 3.43. The predicted octanol–water partition coefficient (Wildman–Crippen LogP) is 0.426. The Morgan fingerprint density at radius 2 is 1.85 bits per heavy atom. The summed E-state index contributed by atoms with van der Waals surface area (Å²) in [7, 11) is -4.36. The largest absolute Gasteiger partial charge is 0.387 e. The summed E-state index contributed by atoms with van der Waals surface area (Å²) in [6.45, 7) is 2.85. The minimum absolute atomic E-state index is 0.294. The van der Waals surface area contributed by atoms with Gasteiger partial charge in [-0.25, -0.2) is 15.0 Å². The molecule has 1 saturated heterocycles. The van der Waals surface area contributed by atoms with Crippen LogP contribution in [0.5, 0.6) is 0 Å². The fourth-order valence-electron chi connectivity index (χ4n) is 4.28. The number of nitrogens with zero attached hydrogens (tertiary/aromatic N) is 5. The van der Waals surface area contributed by atoms with Crippen LogP contribution in [0.2, 0.25) is 0 Å². The van der Waals surface area contributed by atoms with E-state index in [9.17, 15) is 14.8 Å². The molecule has 4 N–H and O–H groups in total. The van der Waals surface area contributed by atoms with E-state index in [0.29, 0.717) is 35.9 Å². The van der Waals surface area contributed by atoms with Crippen molar-refractivity contribution in [2.45, 2.75) is 44.6 Å². The molecule has 0 aliphatic carbocycles. The van der Waals surface area contributed by atoms with Crippen molar-refractivity contribution in [3.63, 3.8) is 0 Å². The van der Waals surface area contributed by atoms with Crippen molar-refractivity contribution in [2.75, 3.05) is 17.9 Å². The third-order valence-electron chi connectivity index (χ3n) is 5.81. The number of fused-ring (bicyclic) bond motifs is 2. The van der Waals surface area contributed by atoms with Gasteiger partial charge in [-0.1, -0.05) is 24.3 Å². The molecule has 13 heteroatoms. The molecule has 3 aromatic rings. The highest BCUT2D eigenvalue weighted by Gasteiger charge is 2.44. The predicted molar refractivity (Wildman–Crippen MR) is 115 cm³/mol. The third-order valence-corrected chi connectivity index (χ3v) is 6.33. The van der Waals surface area contributed by atoms with Crippen molar-refractivity contribution in [1.82, 2.24) is 19.5 Å². The summed E-state index contributed by atoms with van der Waals surface area (Å²) in [4.78, 5) is 33.6. The van der Waals surface area contributed by atoms with E-state index in [-0.39, 0.29) is 6.61 Å². The fraction of sp³-hybridized carbons (Fsp3) is 0.450. The van der Waals surface area contributed by atoms with Crippen molar-refractivity contribution < 1.29 is 34.0 Å². The number of aromatic nitrogens is 4. The normalized spacial score (nSPS) is 25.2. The molecule has 5 rings (SSSR count). The smallest absolute Gasteiger partial charge is 0.350 e. The number of aryl methyl sites for hydroxylation is 1. The fourth-order valence-corrected chi connectivity index (χ4v) is 4.62. The molecule has 2 aromatic heterocycles. The summed E-state index contributed by atoms with van der Waals surface area (Å²) < 4.78 is 23.3. The van der Waals surface area contributed by atoms with E-state index in [0.717, 1.165) is 0 Å². The topological polar surface area (TPSA) is 163 Å². The van der Waals surface area contributed by atoms with Crippen LogP contribution in [0.4, 0.5) is 5.82 Å². The van der Waals surface area contributed by atoms with E-state index >= 15 is 0 Å². The van der Waals surface area contributed by atoms with Crippen LogP contribution < -0.4 is 4.90 Å². The van der Waals surface area contributed by atoms with Gasteiger partial charge in [-0.15, -0.1) is 0 Å². The first-order valence-electron chi connectivity index (χ1n) is 10.4. The molecule has 4 atom stereocenters. The van der Waals surface area contributed by atoms with Gasteiger partial charge < -0.3 is 34.4 Å². The molecule has 0 amide bonds. The molecular weight excluding hydrogens is 453 g/mol. The van der Waals surface area contributed by atoms with Gasteiger partial charge >= 0.3 is 7.60 Å². The molecule has 0 saturated carbocycles. The zero-order valence-corrected chi connectivity index (χ0v) is 18.6. The minimum Gasteiger partial charge on any atom is -0.387 e. The van der Waals surface area contributed by atoms with Crippen LogP contribution in [0.15, 0.2) is 30.6 Å². The van der Waals surface area contributed by atoms with Crippen molar-refractivity contribution in [3.05, 3.63) is 47.5 Å². The Balaban J connectivity index is 1.41. The maximum absolute atomic E-state index is 11.0. The molecule has 0 spiro atoms. The van der Waals surface area contributed by atoms with Crippen LogP contribution in [-0.4, -0.2) is 70.8 Å². The van der Waals surface area contributed by atoms with Gasteiger partial charge in [0.1, 0.15) is 30.5 Å². The van der Waals surface area contributed by atoms with E-state index in [2.05, 4.69) is 32.0 Å². The van der Waals surface area contributed by atoms with Crippen LogP contribution in [0.25, 0.3) is 11.2 Å². The Kier molecular flexibility index (Phi) is 5.69. The summed E-state index contributed by atoms with van der Waals surface area (Å²) in [5, 5.41) is 21.0. The summed E-state index contributed by atoms with van der Waals surface area (Å²) in [6, 6.07) is 8.17. The lowest BCUT2D eigenvalue weighted by molar-refractivity contribution is -0.0612. The Morgan fingerprint density at radius 1 is 1.15 bits per heavy atom. The number of aliphatic hydroxyl groups excluding tert-OH is 2. The lowest BCUT2D eigenvalue weighted by Gasteiger charge is -2.19. The Morgan fingerprint density at radius 3 is 2.52 bits per heavy atom. The van der Waals surface area contributed by atoms with Gasteiger partial charge in [0.05, 0.1) is 12.9 Å². The van der Waals surface area contributed by atoms with Crippen LogP contribution in [0, 0.1) is 6.92 Å². The van der Waals surface area contributed by atoms with Gasteiger partial charge in [-0.3, -0.25) is 9.13 Å². The number of hydrogen-bond donors (Lipinski definition) is 4. The number of ether oxygens (including phenoxy) is 2. The molecule has 4 heterocycles. The molecular formula is C20H24N5O7P. The van der Waals surface area contributed by atoms with Gasteiger partial charge in [0, 0.05) is 13.1 Å². The highest BCUT2D eigenvalue weighted by molar-refractivity contribution is 7.51. The molecule has 0 radical (unpaired) electrons. The quantitative estimate of drug-likeness (QED) is 0.364. The minimum atomic E-state index is -4.36. The second-order valence-electron chi connectivity index (χ2n) is 8.25. The molecule has 33 heavy (non-hydrogen) atoms. The highest BCUT2D eigenvalue weighted by Crippen LogP contribution is 2.37. The van der Waals surface area contributed by atoms with Crippen molar-refractivity contribution in [2.24, 2.45) is 0 Å². The van der Waals surface area contributed by atoms with Crippen LogP contribution in [0.3, 0.4) is 0 Å². The zero-order valence-electron chi connectivity index (χ0n) is 17.7. The Hall–Kier alpha value is -2.44. The number of hydrogen-bond acceptors (Lipinski definition) is 9. The van der Waals surface area contributed by atoms with Gasteiger partial charge in [-0.2, -0.15) is 0 Å². The molecule has 0 bridgehead atoms. The Bertz CT molecular complexity index is 1210. The van der Waals surface area contributed by atoms with Gasteiger partial charge in [0.25, 0.3) is 0 Å². The van der Waals surface area contributed by atoms with E-state index in [4.69, 9.17) is 19.3 Å². The molecule has 1 aromatic carbocycles. The Labute approximate surface area is 188 Å². The van der Waals surface area contributed by atoms with Gasteiger partial charge in [0.15, 0.2) is 23.2 Å². The van der Waals surface area contributed by atoms with E-state index in [1.807, 2.05) is 12.1 Å². The average Bonchev–Trinajstić information content (AvgIpc) is 3.44. The zero-order chi connectivity index (χ0) is 23.3. The number of imidazole rings is 1. The van der Waals surface area contributed by atoms with Crippen molar-refractivity contribution in [1.29, 1.82) is 0 Å². The summed E-state index contributed by atoms with van der Waals surface area (Å²) in [5.74, 6) is 1.19. The highest BCUT2D eigenvalue weighted by atomic mass is 31.2. The monoisotopic (exact) mass is 477 g/mol. The second kappa shape index (κ2) is 8.41. The molecule has 0 unspecified atom stereocenters. The first kappa shape index (κ1) is 22.4. The summed E-state index contributed by atoms with van der Waals surface area (Å²) in [6.07, 6.45) is -3.95. The van der Waals surface area contributed by atoms with Crippen LogP contribution in [-0.2, 0) is 27.1 Å². The number of benzene rings is 1. The van der Waals surface area contributed by atoms with Crippen LogP contribution in [0.1, 0.15) is 23.2 Å². The number of aliphatic hydroxyl groups is 2. The van der Waals surface area contributed by atoms with Crippen molar-refractivity contribution in [3.8, 4) is 0 Å². The lowest BCUT2D eigenvalue weighted by Crippen LogP contribution is -2.34. The maximum atomic E-state index is 11.0. The lowest BCUT2D eigenvalue weighted by atomic mass is 10.1. The summed E-state index contributed by atoms with van der Waals surface area (Å²) >= 11 is 0. The SMILES string of the molecule is Cc1nc(N2Cc3ccccc3C2)c2ncn([C@@H]3O[C@H](COCP(=O)(O)O)[C@@H](O)[C@H]3O)c2n1. The van der Waals surface area contributed by atoms with Crippen LogP contribution >= 0.6 is 7.60 Å². The molecule has 2 aliphatic rings. The molecule has 1 fully saturated rings. The maximum Gasteiger partial charge on any atom is 0.350 e. The van der Waals surface area contributed by atoms with E-state index in [1.54, 1.807) is 6.92 Å². The van der Waals surface area contributed by atoms with Crippen molar-refractivity contribution >= 4 is 24.6 Å². The molecule has 12 nitrogen and oxygen atoms in total. The van der Waals surface area contributed by atoms with E-state index in [1.165, 1.54) is 22.0 Å². The number of anilines is 1.